The molecule has 0 aliphatic carbocycles. The highest BCUT2D eigenvalue weighted by Crippen LogP contribution is 2.23. The summed E-state index contributed by atoms with van der Waals surface area (Å²) in [4.78, 5) is 14.2. The third kappa shape index (κ3) is 4.22. The molecule has 0 N–H and O–H groups in total. The number of hydrogen-bond acceptors (Lipinski definition) is 3. The molecular formula is C18H23NO2. The molecule has 0 fully saturated rings. The average molecular weight is 285 g/mol. The normalized spacial score (nSPS) is 20.7. The fourth-order valence-corrected chi connectivity index (χ4v) is 2.46. The Morgan fingerprint density at radius 1 is 1.29 bits per heavy atom. The first-order valence-corrected chi connectivity index (χ1v) is 7.56. The second-order valence-corrected chi connectivity index (χ2v) is 5.16. The predicted octanol–water partition coefficient (Wildman–Crippen LogP) is 3.85. The quantitative estimate of drug-likeness (QED) is 0.621. The van der Waals surface area contributed by atoms with Gasteiger partial charge in [0.1, 0.15) is 0 Å². The molecule has 0 spiro atoms. The zero-order valence-corrected chi connectivity index (χ0v) is 12.8. The highest BCUT2D eigenvalue weighted by atomic mass is 16.5. The number of esters is 1. The molecule has 0 bridgehead atoms. The highest BCUT2D eigenvalue weighted by Gasteiger charge is 2.17. The molecule has 1 aromatic rings. The average Bonchev–Trinajstić information content (AvgIpc) is 2.47. The molecule has 0 unspecified atom stereocenters. The van der Waals surface area contributed by atoms with E-state index in [1.165, 1.54) is 5.56 Å². The number of hydrogen-bond donors (Lipinski definition) is 0. The van der Waals surface area contributed by atoms with Crippen molar-refractivity contribution in [1.29, 1.82) is 0 Å². The molecule has 0 saturated carbocycles. The number of ether oxygens (including phenoxy) is 1. The smallest absolute Gasteiger partial charge is 0.335 e. The summed E-state index contributed by atoms with van der Waals surface area (Å²) >= 11 is 0. The van der Waals surface area contributed by atoms with Gasteiger partial charge >= 0.3 is 5.97 Å². The molecule has 0 radical (unpaired) electrons. The van der Waals surface area contributed by atoms with Gasteiger partial charge < -0.3 is 9.64 Å². The van der Waals surface area contributed by atoms with Crippen LogP contribution >= 0.6 is 0 Å². The Hall–Kier alpha value is -2.03. The zero-order chi connectivity index (χ0) is 15.1. The number of allylic oxidation sites excluding steroid dienone is 1. The summed E-state index contributed by atoms with van der Waals surface area (Å²) in [5.74, 6) is -0.214. The van der Waals surface area contributed by atoms with E-state index in [1.807, 2.05) is 37.4 Å². The van der Waals surface area contributed by atoms with Crippen LogP contribution in [0.2, 0.25) is 0 Å². The van der Waals surface area contributed by atoms with Crippen LogP contribution in [0.25, 0.3) is 0 Å². The first-order valence-electron chi connectivity index (χ1n) is 7.56. The van der Waals surface area contributed by atoms with E-state index >= 15 is 0 Å². The maximum absolute atomic E-state index is 12.0. The molecular weight excluding hydrogens is 262 g/mol. The zero-order valence-electron chi connectivity index (χ0n) is 12.8. The summed E-state index contributed by atoms with van der Waals surface area (Å²) in [7, 11) is 0. The highest BCUT2D eigenvalue weighted by molar-refractivity contribution is 5.88. The van der Waals surface area contributed by atoms with Crippen molar-refractivity contribution in [2.45, 2.75) is 32.7 Å². The molecule has 1 atom stereocenters. The van der Waals surface area contributed by atoms with E-state index in [0.717, 1.165) is 18.5 Å². The molecule has 0 aromatic heterocycles. The molecule has 1 heterocycles. The Balaban J connectivity index is 2.21. The lowest BCUT2D eigenvalue weighted by atomic mass is 10.1. The van der Waals surface area contributed by atoms with Crippen LogP contribution in [0.3, 0.4) is 0 Å². The standard InChI is InChI=1S/C18H23NO2/c1-3-21-18(20)17-12-8-5-9-13-19(14-17)15(2)16-10-6-4-7-11-16/h4-8,10-11,14-15H,3,9,12-13H2,1-2H3/b8-5-,17-14+/t15-/m0/s1. The van der Waals surface area contributed by atoms with E-state index in [-0.39, 0.29) is 12.0 Å². The second kappa shape index (κ2) is 7.67. The largest absolute Gasteiger partial charge is 0.463 e. The Bertz CT molecular complexity index is 519. The minimum atomic E-state index is -0.214. The fraction of sp³-hybridized carbons (Fsp3) is 0.389. The van der Waals surface area contributed by atoms with Crippen molar-refractivity contribution in [1.82, 2.24) is 4.90 Å². The van der Waals surface area contributed by atoms with Gasteiger partial charge in [0.2, 0.25) is 0 Å². The lowest BCUT2D eigenvalue weighted by Gasteiger charge is -2.29. The van der Waals surface area contributed by atoms with Gasteiger partial charge in [-0.05, 0) is 32.3 Å². The SMILES string of the molecule is CCOC(=O)/C1=C/N([C@@H](C)c2ccccc2)CC/C=C\C1. The first-order chi connectivity index (χ1) is 10.2. The van der Waals surface area contributed by atoms with Crippen molar-refractivity contribution in [3.63, 3.8) is 0 Å². The number of benzene rings is 1. The molecule has 3 heteroatoms. The van der Waals surface area contributed by atoms with Crippen molar-refractivity contribution in [3.05, 3.63) is 59.8 Å². The van der Waals surface area contributed by atoms with Crippen LogP contribution in [0.1, 0.15) is 38.3 Å². The molecule has 0 saturated heterocycles. The third-order valence-electron chi connectivity index (χ3n) is 3.70. The molecule has 1 aromatic carbocycles. The minimum absolute atomic E-state index is 0.214. The van der Waals surface area contributed by atoms with Gasteiger partial charge in [-0.25, -0.2) is 4.79 Å². The molecule has 21 heavy (non-hydrogen) atoms. The minimum Gasteiger partial charge on any atom is -0.463 e. The first kappa shape index (κ1) is 15.4. The van der Waals surface area contributed by atoms with Crippen molar-refractivity contribution in [2.75, 3.05) is 13.2 Å². The Morgan fingerprint density at radius 3 is 2.76 bits per heavy atom. The van der Waals surface area contributed by atoms with Crippen LogP contribution in [0.5, 0.6) is 0 Å². The van der Waals surface area contributed by atoms with Crippen molar-refractivity contribution in [3.8, 4) is 0 Å². The van der Waals surface area contributed by atoms with Crippen LogP contribution in [0.15, 0.2) is 54.3 Å². The van der Waals surface area contributed by atoms with Crippen molar-refractivity contribution >= 4 is 5.97 Å². The molecule has 0 amide bonds. The van der Waals surface area contributed by atoms with E-state index in [4.69, 9.17) is 4.74 Å². The maximum atomic E-state index is 12.0. The van der Waals surface area contributed by atoms with Gasteiger partial charge in [-0.15, -0.1) is 0 Å². The second-order valence-electron chi connectivity index (χ2n) is 5.16. The van der Waals surface area contributed by atoms with Gasteiger partial charge in [0.25, 0.3) is 0 Å². The van der Waals surface area contributed by atoms with Gasteiger partial charge in [-0.3, -0.25) is 0 Å². The van der Waals surface area contributed by atoms with Crippen molar-refractivity contribution in [2.24, 2.45) is 0 Å². The summed E-state index contributed by atoms with van der Waals surface area (Å²) < 4.78 is 5.14. The van der Waals surface area contributed by atoms with Gasteiger partial charge in [0.15, 0.2) is 0 Å². The van der Waals surface area contributed by atoms with Gasteiger partial charge in [-0.2, -0.15) is 0 Å². The van der Waals surface area contributed by atoms with E-state index in [9.17, 15) is 4.79 Å². The number of carbonyl (C=O) groups is 1. The Labute approximate surface area is 126 Å². The summed E-state index contributed by atoms with van der Waals surface area (Å²) in [6.45, 7) is 5.31. The van der Waals surface area contributed by atoms with Crippen LogP contribution < -0.4 is 0 Å². The van der Waals surface area contributed by atoms with Gasteiger partial charge in [0, 0.05) is 12.7 Å². The monoisotopic (exact) mass is 285 g/mol. The van der Waals surface area contributed by atoms with Gasteiger partial charge in [0.05, 0.1) is 18.2 Å². The van der Waals surface area contributed by atoms with Crippen LogP contribution in [-0.2, 0) is 9.53 Å². The number of rotatable bonds is 4. The molecule has 2 rings (SSSR count). The Morgan fingerprint density at radius 2 is 2.05 bits per heavy atom. The van der Waals surface area contributed by atoms with E-state index < -0.39 is 0 Å². The van der Waals surface area contributed by atoms with Crippen LogP contribution in [0, 0.1) is 0 Å². The lowest BCUT2D eigenvalue weighted by molar-refractivity contribution is -0.138. The fourth-order valence-electron chi connectivity index (χ4n) is 2.46. The molecule has 112 valence electrons. The predicted molar refractivity (Wildman–Crippen MR) is 84.7 cm³/mol. The molecule has 1 aliphatic rings. The topological polar surface area (TPSA) is 29.5 Å². The number of carbonyl (C=O) groups excluding carboxylic acids is 1. The number of nitrogens with zero attached hydrogens (tertiary/aromatic N) is 1. The van der Waals surface area contributed by atoms with Crippen LogP contribution in [0.4, 0.5) is 0 Å². The van der Waals surface area contributed by atoms with Gasteiger partial charge in [-0.1, -0.05) is 42.5 Å². The summed E-state index contributed by atoms with van der Waals surface area (Å²) in [6, 6.07) is 10.6. The molecule has 3 nitrogen and oxygen atoms in total. The van der Waals surface area contributed by atoms with Crippen molar-refractivity contribution < 1.29 is 9.53 Å². The summed E-state index contributed by atoms with van der Waals surface area (Å²) in [5.41, 5.74) is 1.97. The maximum Gasteiger partial charge on any atom is 0.335 e. The van der Waals surface area contributed by atoms with E-state index in [0.29, 0.717) is 13.0 Å². The van der Waals surface area contributed by atoms with Crippen LogP contribution in [-0.4, -0.2) is 24.0 Å². The lowest BCUT2D eigenvalue weighted by Crippen LogP contribution is -2.25. The summed E-state index contributed by atoms with van der Waals surface area (Å²) in [6.07, 6.45) is 7.78. The van der Waals surface area contributed by atoms with E-state index in [1.54, 1.807) is 0 Å². The van der Waals surface area contributed by atoms with E-state index in [2.05, 4.69) is 30.0 Å². The summed E-state index contributed by atoms with van der Waals surface area (Å²) in [5, 5.41) is 0. The third-order valence-corrected chi connectivity index (χ3v) is 3.70. The Kier molecular flexibility index (Phi) is 5.61. The molecule has 1 aliphatic heterocycles.